The van der Waals surface area contributed by atoms with Crippen LogP contribution in [0.2, 0.25) is 0 Å². The van der Waals surface area contributed by atoms with Gasteiger partial charge >= 0.3 is 0 Å². The smallest absolute Gasteiger partial charge is 0.250 e. The first-order valence-electron chi connectivity index (χ1n) is 5.79. The van der Waals surface area contributed by atoms with Crippen LogP contribution >= 0.6 is 11.3 Å². The van der Waals surface area contributed by atoms with Crippen molar-refractivity contribution in [3.8, 4) is 0 Å². The molecule has 1 aromatic rings. The molecule has 1 fully saturated rings. The zero-order valence-electron chi connectivity index (χ0n) is 9.59. The topological polar surface area (TPSA) is 55.4 Å². The third kappa shape index (κ3) is 4.39. The summed E-state index contributed by atoms with van der Waals surface area (Å²) in [5, 5.41) is 1.76. The second-order valence-corrected chi connectivity index (χ2v) is 7.14. The summed E-state index contributed by atoms with van der Waals surface area (Å²) in [4.78, 5) is 0. The van der Waals surface area contributed by atoms with Crippen LogP contribution in [0.5, 0.6) is 0 Å². The molecule has 0 radical (unpaired) electrons. The van der Waals surface area contributed by atoms with Crippen LogP contribution in [0.25, 0.3) is 0 Å². The average Bonchev–Trinajstić information content (AvgIpc) is 2.94. The van der Waals surface area contributed by atoms with E-state index in [0.29, 0.717) is 17.4 Å². The van der Waals surface area contributed by atoms with E-state index < -0.39 is 10.0 Å². The predicted octanol–water partition coefficient (Wildman–Crippen LogP) is 1.84. The number of nitrogens with one attached hydrogen (secondary N) is 1. The Morgan fingerprint density at radius 2 is 2.29 bits per heavy atom. The molecule has 0 aromatic carbocycles. The van der Waals surface area contributed by atoms with Gasteiger partial charge in [0.05, 0.1) is 0 Å². The van der Waals surface area contributed by atoms with E-state index in [1.54, 1.807) is 17.5 Å². The standard InChI is InChI=1S/C11H17NO3S2/c13-17(14,11-3-1-8-16-11)12-6-2-7-15-9-10-4-5-10/h1,3,8,10,12H,2,4-7,9H2. The highest BCUT2D eigenvalue weighted by Gasteiger charge is 2.20. The van der Waals surface area contributed by atoms with Gasteiger partial charge in [-0.2, -0.15) is 0 Å². The summed E-state index contributed by atoms with van der Waals surface area (Å²) in [6.07, 6.45) is 3.29. The van der Waals surface area contributed by atoms with Crippen LogP contribution in [-0.2, 0) is 14.8 Å². The number of ether oxygens (including phenoxy) is 1. The van der Waals surface area contributed by atoms with Crippen LogP contribution in [0.15, 0.2) is 21.7 Å². The molecule has 0 saturated heterocycles. The molecule has 4 nitrogen and oxygen atoms in total. The number of rotatable bonds is 8. The van der Waals surface area contributed by atoms with Crippen LogP contribution in [0.3, 0.4) is 0 Å². The molecule has 0 bridgehead atoms. The Bertz CT molecular complexity index is 424. The van der Waals surface area contributed by atoms with Gasteiger partial charge in [-0.1, -0.05) is 6.07 Å². The first-order valence-corrected chi connectivity index (χ1v) is 8.16. The van der Waals surface area contributed by atoms with Crippen molar-refractivity contribution in [3.05, 3.63) is 17.5 Å². The quantitative estimate of drug-likeness (QED) is 0.737. The molecule has 17 heavy (non-hydrogen) atoms. The Morgan fingerprint density at radius 3 is 2.94 bits per heavy atom. The molecule has 1 saturated carbocycles. The van der Waals surface area contributed by atoms with Gasteiger partial charge in [-0.25, -0.2) is 13.1 Å². The van der Waals surface area contributed by atoms with Gasteiger partial charge in [0.1, 0.15) is 4.21 Å². The molecule has 1 aliphatic carbocycles. The molecule has 1 N–H and O–H groups in total. The molecule has 6 heteroatoms. The van der Waals surface area contributed by atoms with Crippen LogP contribution < -0.4 is 4.72 Å². The summed E-state index contributed by atoms with van der Waals surface area (Å²) < 4.78 is 31.8. The molecular weight excluding hydrogens is 258 g/mol. The van der Waals surface area contributed by atoms with Crippen molar-refractivity contribution in [1.82, 2.24) is 4.72 Å². The molecule has 0 aliphatic heterocycles. The molecule has 1 aromatic heterocycles. The zero-order valence-corrected chi connectivity index (χ0v) is 11.2. The summed E-state index contributed by atoms with van der Waals surface area (Å²) >= 11 is 1.23. The Morgan fingerprint density at radius 1 is 1.47 bits per heavy atom. The fourth-order valence-corrected chi connectivity index (χ4v) is 3.51. The van der Waals surface area contributed by atoms with Crippen LogP contribution in [0, 0.1) is 5.92 Å². The first kappa shape index (κ1) is 13.0. The molecule has 1 heterocycles. The maximum atomic E-state index is 11.7. The van der Waals surface area contributed by atoms with Crippen LogP contribution in [0.1, 0.15) is 19.3 Å². The van der Waals surface area contributed by atoms with Crippen molar-refractivity contribution in [3.63, 3.8) is 0 Å². The van der Waals surface area contributed by atoms with Gasteiger partial charge in [0.2, 0.25) is 10.0 Å². The zero-order chi connectivity index (χ0) is 12.1. The molecule has 2 rings (SSSR count). The third-order valence-electron chi connectivity index (χ3n) is 2.57. The third-order valence-corrected chi connectivity index (χ3v) is 5.43. The fraction of sp³-hybridized carbons (Fsp3) is 0.636. The Balaban J connectivity index is 1.60. The number of thiophene rings is 1. The van der Waals surface area contributed by atoms with Gasteiger partial charge in [0, 0.05) is 19.8 Å². The van der Waals surface area contributed by atoms with Gasteiger partial charge in [0.25, 0.3) is 0 Å². The summed E-state index contributed by atoms with van der Waals surface area (Å²) in [7, 11) is -3.30. The van der Waals surface area contributed by atoms with E-state index >= 15 is 0 Å². The largest absolute Gasteiger partial charge is 0.381 e. The van der Waals surface area contributed by atoms with Crippen molar-refractivity contribution in [2.24, 2.45) is 5.92 Å². The lowest BCUT2D eigenvalue weighted by Crippen LogP contribution is -2.24. The molecule has 0 unspecified atom stereocenters. The summed E-state index contributed by atoms with van der Waals surface area (Å²) in [6, 6.07) is 3.34. The Hall–Kier alpha value is -0.430. The second-order valence-electron chi connectivity index (χ2n) is 4.20. The number of sulfonamides is 1. The van der Waals surface area contributed by atoms with Crippen molar-refractivity contribution >= 4 is 21.4 Å². The van der Waals surface area contributed by atoms with Crippen molar-refractivity contribution in [2.75, 3.05) is 19.8 Å². The maximum Gasteiger partial charge on any atom is 0.250 e. The van der Waals surface area contributed by atoms with E-state index in [1.165, 1.54) is 24.2 Å². The maximum absolute atomic E-state index is 11.7. The van der Waals surface area contributed by atoms with Gasteiger partial charge in [-0.15, -0.1) is 11.3 Å². The Labute approximate surface area is 106 Å². The van der Waals surface area contributed by atoms with E-state index in [1.807, 2.05) is 0 Å². The van der Waals surface area contributed by atoms with E-state index in [9.17, 15) is 8.42 Å². The minimum absolute atomic E-state index is 0.372. The van der Waals surface area contributed by atoms with Crippen molar-refractivity contribution in [2.45, 2.75) is 23.5 Å². The Kier molecular flexibility index (Phi) is 4.55. The minimum atomic E-state index is -3.30. The molecule has 96 valence electrons. The van der Waals surface area contributed by atoms with E-state index in [2.05, 4.69) is 4.72 Å². The average molecular weight is 275 g/mol. The highest BCUT2D eigenvalue weighted by atomic mass is 32.2. The first-order chi connectivity index (χ1) is 8.18. The van der Waals surface area contributed by atoms with E-state index in [-0.39, 0.29) is 0 Å². The molecular formula is C11H17NO3S2. The van der Waals surface area contributed by atoms with Gasteiger partial charge in [-0.05, 0) is 36.6 Å². The predicted molar refractivity (Wildman–Crippen MR) is 67.7 cm³/mol. The normalized spacial score (nSPS) is 16.2. The van der Waals surface area contributed by atoms with E-state index in [4.69, 9.17) is 4.74 Å². The lowest BCUT2D eigenvalue weighted by molar-refractivity contribution is 0.123. The van der Waals surface area contributed by atoms with Crippen molar-refractivity contribution in [1.29, 1.82) is 0 Å². The summed E-state index contributed by atoms with van der Waals surface area (Å²) in [5.74, 6) is 0.762. The lowest BCUT2D eigenvalue weighted by Gasteiger charge is -2.05. The molecule has 0 amide bonds. The SMILES string of the molecule is O=S(=O)(NCCCOCC1CC1)c1cccs1. The van der Waals surface area contributed by atoms with Crippen molar-refractivity contribution < 1.29 is 13.2 Å². The second kappa shape index (κ2) is 5.95. The van der Waals surface area contributed by atoms with Crippen LogP contribution in [0.4, 0.5) is 0 Å². The van der Waals surface area contributed by atoms with Crippen LogP contribution in [-0.4, -0.2) is 28.2 Å². The highest BCUT2D eigenvalue weighted by molar-refractivity contribution is 7.91. The summed E-state index contributed by atoms with van der Waals surface area (Å²) in [5.41, 5.74) is 0. The monoisotopic (exact) mass is 275 g/mol. The highest BCUT2D eigenvalue weighted by Crippen LogP contribution is 2.28. The lowest BCUT2D eigenvalue weighted by atomic mass is 10.4. The molecule has 0 atom stereocenters. The van der Waals surface area contributed by atoms with Gasteiger partial charge in [0.15, 0.2) is 0 Å². The van der Waals surface area contributed by atoms with Gasteiger partial charge in [-0.3, -0.25) is 0 Å². The fourth-order valence-electron chi connectivity index (χ4n) is 1.40. The summed E-state index contributed by atoms with van der Waals surface area (Å²) in [6.45, 7) is 1.89. The molecule has 1 aliphatic rings. The van der Waals surface area contributed by atoms with E-state index in [0.717, 1.165) is 18.9 Å². The molecule has 0 spiro atoms. The minimum Gasteiger partial charge on any atom is -0.381 e. The number of hydrogen-bond donors (Lipinski definition) is 1. The van der Waals surface area contributed by atoms with Gasteiger partial charge < -0.3 is 4.74 Å². The number of hydrogen-bond acceptors (Lipinski definition) is 4.